The van der Waals surface area contributed by atoms with Crippen LogP contribution in [0.1, 0.15) is 44.4 Å². The molecule has 0 spiro atoms. The summed E-state index contributed by atoms with van der Waals surface area (Å²) < 4.78 is 10.6. The number of ether oxygens (including phenoxy) is 2. The average molecular weight is 392 g/mol. The zero-order valence-electron chi connectivity index (χ0n) is 17.4. The summed E-state index contributed by atoms with van der Waals surface area (Å²) in [5.41, 5.74) is 1.84. The van der Waals surface area contributed by atoms with Gasteiger partial charge in [0.1, 0.15) is 5.60 Å². The molecule has 0 aliphatic carbocycles. The number of alkyl carbamates (subject to hydrolysis) is 1. The third-order valence-corrected chi connectivity index (χ3v) is 4.46. The molecule has 0 bridgehead atoms. The summed E-state index contributed by atoms with van der Waals surface area (Å²) in [6, 6.07) is 8.52. The van der Waals surface area contributed by atoms with Crippen LogP contribution >= 0.6 is 0 Å². The summed E-state index contributed by atoms with van der Waals surface area (Å²) in [7, 11) is 0. The van der Waals surface area contributed by atoms with Crippen molar-refractivity contribution in [3.8, 4) is 0 Å². The first-order valence-corrected chi connectivity index (χ1v) is 9.86. The maximum Gasteiger partial charge on any atom is 0.407 e. The first kappa shape index (κ1) is 22.2. The highest BCUT2D eigenvalue weighted by atomic mass is 16.6. The van der Waals surface area contributed by atoms with Crippen molar-refractivity contribution < 1.29 is 19.1 Å². The molecule has 0 saturated carbocycles. The van der Waals surface area contributed by atoms with E-state index in [9.17, 15) is 9.59 Å². The molecule has 1 atom stereocenters. The number of rotatable bonds is 7. The molecule has 1 aliphatic heterocycles. The van der Waals surface area contributed by atoms with E-state index in [1.165, 1.54) is 11.1 Å². The van der Waals surface area contributed by atoms with Crippen LogP contribution in [-0.4, -0.2) is 61.9 Å². The fourth-order valence-electron chi connectivity index (χ4n) is 3.03. The number of hydrogen-bond acceptors (Lipinski definition) is 5. The number of benzene rings is 1. The molecule has 2 amide bonds. The van der Waals surface area contributed by atoms with Crippen LogP contribution in [0.3, 0.4) is 0 Å². The molecular weight excluding hydrogens is 358 g/mol. The van der Waals surface area contributed by atoms with Crippen molar-refractivity contribution in [2.75, 3.05) is 39.4 Å². The molecule has 1 saturated heterocycles. The maximum atomic E-state index is 12.2. The van der Waals surface area contributed by atoms with E-state index < -0.39 is 11.7 Å². The molecule has 1 fully saturated rings. The van der Waals surface area contributed by atoms with Gasteiger partial charge in [-0.05, 0) is 33.3 Å². The SMILES string of the molecule is Cc1ccc([C@@H](CNC(=O)CCNC(=O)OC(C)(C)C)N2CCOCC2)cc1. The van der Waals surface area contributed by atoms with Gasteiger partial charge in [-0.1, -0.05) is 29.8 Å². The molecule has 28 heavy (non-hydrogen) atoms. The van der Waals surface area contributed by atoms with Crippen LogP contribution in [0, 0.1) is 6.92 Å². The maximum absolute atomic E-state index is 12.2. The number of morpholine rings is 1. The van der Waals surface area contributed by atoms with Gasteiger partial charge in [-0.3, -0.25) is 9.69 Å². The minimum absolute atomic E-state index is 0.0959. The van der Waals surface area contributed by atoms with Crippen molar-refractivity contribution in [3.63, 3.8) is 0 Å². The quantitative estimate of drug-likeness (QED) is 0.746. The van der Waals surface area contributed by atoms with Crippen LogP contribution in [-0.2, 0) is 14.3 Å². The highest BCUT2D eigenvalue weighted by molar-refractivity contribution is 5.77. The van der Waals surface area contributed by atoms with Gasteiger partial charge in [0.05, 0.1) is 19.3 Å². The Kier molecular flexibility index (Phi) is 8.26. The molecule has 7 heteroatoms. The van der Waals surface area contributed by atoms with E-state index in [4.69, 9.17) is 9.47 Å². The van der Waals surface area contributed by atoms with Gasteiger partial charge in [0, 0.05) is 32.6 Å². The predicted molar refractivity (Wildman–Crippen MR) is 108 cm³/mol. The lowest BCUT2D eigenvalue weighted by molar-refractivity contribution is -0.121. The molecule has 2 N–H and O–H groups in total. The number of nitrogens with zero attached hydrogens (tertiary/aromatic N) is 1. The summed E-state index contributed by atoms with van der Waals surface area (Å²) in [6.07, 6.45) is -0.297. The predicted octanol–water partition coefficient (Wildman–Crippen LogP) is 2.40. The first-order valence-electron chi connectivity index (χ1n) is 9.86. The Morgan fingerprint density at radius 3 is 2.39 bits per heavy atom. The van der Waals surface area contributed by atoms with Gasteiger partial charge in [-0.25, -0.2) is 4.79 Å². The number of hydrogen-bond donors (Lipinski definition) is 2. The molecule has 7 nitrogen and oxygen atoms in total. The third kappa shape index (κ3) is 7.86. The summed E-state index contributed by atoms with van der Waals surface area (Å²) in [6.45, 7) is 11.3. The Hall–Kier alpha value is -2.12. The minimum Gasteiger partial charge on any atom is -0.444 e. The fraction of sp³-hybridized carbons (Fsp3) is 0.619. The Labute approximate surface area is 167 Å². The Bertz CT molecular complexity index is 634. The van der Waals surface area contributed by atoms with Gasteiger partial charge in [-0.15, -0.1) is 0 Å². The summed E-state index contributed by atoms with van der Waals surface area (Å²) in [4.78, 5) is 26.2. The summed E-state index contributed by atoms with van der Waals surface area (Å²) >= 11 is 0. The van der Waals surface area contributed by atoms with Gasteiger partial charge in [0.25, 0.3) is 0 Å². The van der Waals surface area contributed by atoms with Crippen molar-refractivity contribution in [2.45, 2.75) is 45.8 Å². The van der Waals surface area contributed by atoms with Gasteiger partial charge in [0.2, 0.25) is 5.91 Å². The molecule has 156 valence electrons. The molecule has 1 heterocycles. The smallest absolute Gasteiger partial charge is 0.407 e. The van der Waals surface area contributed by atoms with Crippen LogP contribution in [0.4, 0.5) is 4.79 Å². The average Bonchev–Trinajstić information content (AvgIpc) is 2.63. The van der Waals surface area contributed by atoms with Crippen molar-refractivity contribution in [1.29, 1.82) is 0 Å². The zero-order chi connectivity index (χ0) is 20.6. The van der Waals surface area contributed by atoms with Gasteiger partial charge < -0.3 is 20.1 Å². The van der Waals surface area contributed by atoms with Crippen LogP contribution in [0.15, 0.2) is 24.3 Å². The first-order chi connectivity index (χ1) is 13.2. The lowest BCUT2D eigenvalue weighted by Crippen LogP contribution is -2.44. The van der Waals surface area contributed by atoms with E-state index in [1.54, 1.807) is 20.8 Å². The number of carbonyl (C=O) groups excluding carboxylic acids is 2. The highest BCUT2D eigenvalue weighted by Crippen LogP contribution is 2.21. The van der Waals surface area contributed by atoms with E-state index >= 15 is 0 Å². The van der Waals surface area contributed by atoms with E-state index in [1.807, 2.05) is 0 Å². The second kappa shape index (κ2) is 10.4. The van der Waals surface area contributed by atoms with Crippen molar-refractivity contribution in [3.05, 3.63) is 35.4 Å². The lowest BCUT2D eigenvalue weighted by Gasteiger charge is -2.35. The molecule has 0 radical (unpaired) electrons. The number of aryl methyl sites for hydroxylation is 1. The number of carbonyl (C=O) groups is 2. The minimum atomic E-state index is -0.550. The van der Waals surface area contributed by atoms with Gasteiger partial charge >= 0.3 is 6.09 Å². The summed E-state index contributed by atoms with van der Waals surface area (Å²) in [5, 5.41) is 5.61. The van der Waals surface area contributed by atoms with Crippen molar-refractivity contribution in [2.24, 2.45) is 0 Å². The van der Waals surface area contributed by atoms with Gasteiger partial charge in [-0.2, -0.15) is 0 Å². The van der Waals surface area contributed by atoms with Crippen molar-refractivity contribution in [1.82, 2.24) is 15.5 Å². The molecule has 1 aromatic carbocycles. The summed E-state index contributed by atoms with van der Waals surface area (Å²) in [5.74, 6) is -0.0959. The highest BCUT2D eigenvalue weighted by Gasteiger charge is 2.23. The van der Waals surface area contributed by atoms with Crippen LogP contribution < -0.4 is 10.6 Å². The molecule has 2 rings (SSSR count). The molecule has 1 aromatic rings. The van der Waals surface area contributed by atoms with E-state index in [0.717, 1.165) is 13.1 Å². The topological polar surface area (TPSA) is 79.9 Å². The molecular formula is C21H33N3O4. The largest absolute Gasteiger partial charge is 0.444 e. The Morgan fingerprint density at radius 1 is 1.14 bits per heavy atom. The third-order valence-electron chi connectivity index (χ3n) is 4.46. The second-order valence-corrected chi connectivity index (χ2v) is 8.06. The Balaban J connectivity index is 1.84. The normalized spacial score (nSPS) is 16.3. The van der Waals surface area contributed by atoms with E-state index in [-0.39, 0.29) is 24.9 Å². The van der Waals surface area contributed by atoms with Crippen LogP contribution in [0.2, 0.25) is 0 Å². The fourth-order valence-corrected chi connectivity index (χ4v) is 3.03. The van der Waals surface area contributed by atoms with E-state index in [2.05, 4.69) is 46.7 Å². The standard InChI is InChI=1S/C21H33N3O4/c1-16-5-7-17(8-6-16)18(24-11-13-27-14-12-24)15-23-19(25)9-10-22-20(26)28-21(2,3)4/h5-8,18H,9-15H2,1-4H3,(H,22,26)(H,23,25)/t18-/m1/s1. The van der Waals surface area contributed by atoms with Crippen LogP contribution in [0.5, 0.6) is 0 Å². The number of amides is 2. The van der Waals surface area contributed by atoms with Crippen molar-refractivity contribution >= 4 is 12.0 Å². The zero-order valence-corrected chi connectivity index (χ0v) is 17.4. The molecule has 0 aromatic heterocycles. The van der Waals surface area contributed by atoms with E-state index in [0.29, 0.717) is 19.8 Å². The Morgan fingerprint density at radius 2 is 1.79 bits per heavy atom. The van der Waals surface area contributed by atoms with Gasteiger partial charge in [0.15, 0.2) is 0 Å². The monoisotopic (exact) mass is 391 g/mol. The molecule has 1 aliphatic rings. The van der Waals surface area contributed by atoms with Crippen LogP contribution in [0.25, 0.3) is 0 Å². The number of nitrogens with one attached hydrogen (secondary N) is 2. The second-order valence-electron chi connectivity index (χ2n) is 8.06. The lowest BCUT2D eigenvalue weighted by atomic mass is 10.0. The molecule has 0 unspecified atom stereocenters.